The van der Waals surface area contributed by atoms with Gasteiger partial charge >= 0.3 is 5.97 Å². The van der Waals surface area contributed by atoms with Crippen LogP contribution in [0.4, 0.5) is 0 Å². The summed E-state index contributed by atoms with van der Waals surface area (Å²) in [6.45, 7) is 6.55. The van der Waals surface area contributed by atoms with Crippen molar-refractivity contribution in [3.63, 3.8) is 0 Å². The molecular weight excluding hydrogens is 396 g/mol. The number of piperidine rings is 1. The third-order valence-corrected chi connectivity index (χ3v) is 5.22. The van der Waals surface area contributed by atoms with Crippen LogP contribution in [0.2, 0.25) is 0 Å². The molecule has 166 valence electrons. The van der Waals surface area contributed by atoms with Crippen LogP contribution in [0.15, 0.2) is 36.4 Å². The number of likely N-dealkylation sites (tertiary alicyclic amines) is 1. The molecule has 1 heterocycles. The van der Waals surface area contributed by atoms with E-state index in [2.05, 4.69) is 5.32 Å². The number of hydrogen-bond donors (Lipinski definition) is 1. The van der Waals surface area contributed by atoms with Crippen molar-refractivity contribution in [3.8, 4) is 5.75 Å². The molecule has 7 nitrogen and oxygen atoms in total. The SMILES string of the molecule is CCOC(=O)C1CCCN(C(=O)c2cc3ccccc3cc2OCC(=O)NC(C)C)C1. The van der Waals surface area contributed by atoms with E-state index >= 15 is 0 Å². The Kier molecular flexibility index (Phi) is 7.50. The highest BCUT2D eigenvalue weighted by molar-refractivity contribution is 6.02. The lowest BCUT2D eigenvalue weighted by Crippen LogP contribution is -2.43. The Labute approximate surface area is 182 Å². The van der Waals surface area contributed by atoms with Gasteiger partial charge in [0.2, 0.25) is 0 Å². The predicted octanol–water partition coefficient (Wildman–Crippen LogP) is 3.16. The number of ether oxygens (including phenoxy) is 2. The average Bonchev–Trinajstić information content (AvgIpc) is 2.76. The van der Waals surface area contributed by atoms with Gasteiger partial charge in [-0.05, 0) is 56.5 Å². The molecule has 0 bridgehead atoms. The van der Waals surface area contributed by atoms with E-state index in [1.54, 1.807) is 24.0 Å². The van der Waals surface area contributed by atoms with E-state index in [9.17, 15) is 14.4 Å². The molecule has 1 atom stereocenters. The summed E-state index contributed by atoms with van der Waals surface area (Å²) in [6.07, 6.45) is 1.44. The van der Waals surface area contributed by atoms with Crippen molar-refractivity contribution < 1.29 is 23.9 Å². The molecule has 1 aliphatic heterocycles. The summed E-state index contributed by atoms with van der Waals surface area (Å²) in [5, 5.41) is 4.61. The molecule has 7 heteroatoms. The fraction of sp³-hybridized carbons (Fsp3) is 0.458. The maximum atomic E-state index is 13.4. The number of benzene rings is 2. The zero-order valence-electron chi connectivity index (χ0n) is 18.3. The predicted molar refractivity (Wildman–Crippen MR) is 118 cm³/mol. The van der Waals surface area contributed by atoms with E-state index in [0.717, 1.165) is 17.2 Å². The number of carbonyl (C=O) groups excluding carboxylic acids is 3. The lowest BCUT2D eigenvalue weighted by Gasteiger charge is -2.32. The molecule has 0 aromatic heterocycles. The molecule has 3 rings (SSSR count). The van der Waals surface area contributed by atoms with E-state index in [4.69, 9.17) is 9.47 Å². The minimum absolute atomic E-state index is 0.00182. The molecule has 1 aliphatic rings. The Morgan fingerprint density at radius 1 is 1.16 bits per heavy atom. The van der Waals surface area contributed by atoms with Gasteiger partial charge in [0, 0.05) is 19.1 Å². The summed E-state index contributed by atoms with van der Waals surface area (Å²) in [5.41, 5.74) is 0.389. The van der Waals surface area contributed by atoms with Gasteiger partial charge in [0.15, 0.2) is 6.61 Å². The van der Waals surface area contributed by atoms with Crippen molar-refractivity contribution in [2.45, 2.75) is 39.7 Å². The molecule has 1 unspecified atom stereocenters. The summed E-state index contributed by atoms with van der Waals surface area (Å²) in [6, 6.07) is 11.3. The largest absolute Gasteiger partial charge is 0.483 e. The first-order valence-electron chi connectivity index (χ1n) is 10.8. The molecular formula is C24H30N2O5. The number of carbonyl (C=O) groups is 3. The number of fused-ring (bicyclic) bond motifs is 1. The van der Waals surface area contributed by atoms with Gasteiger partial charge < -0.3 is 19.7 Å². The number of nitrogens with one attached hydrogen (secondary N) is 1. The van der Waals surface area contributed by atoms with E-state index < -0.39 is 0 Å². The van der Waals surface area contributed by atoms with Gasteiger partial charge in [-0.15, -0.1) is 0 Å². The molecule has 1 saturated heterocycles. The monoisotopic (exact) mass is 426 g/mol. The first-order chi connectivity index (χ1) is 14.9. The van der Waals surface area contributed by atoms with E-state index in [0.29, 0.717) is 37.4 Å². The van der Waals surface area contributed by atoms with Gasteiger partial charge in [-0.2, -0.15) is 0 Å². The topological polar surface area (TPSA) is 84.9 Å². The summed E-state index contributed by atoms with van der Waals surface area (Å²) >= 11 is 0. The molecule has 31 heavy (non-hydrogen) atoms. The van der Waals surface area contributed by atoms with Gasteiger partial charge in [-0.3, -0.25) is 14.4 Å². The number of nitrogens with zero attached hydrogens (tertiary/aromatic N) is 1. The van der Waals surface area contributed by atoms with Crippen LogP contribution in [0, 0.1) is 5.92 Å². The Hall–Kier alpha value is -3.09. The minimum atomic E-state index is -0.320. The van der Waals surface area contributed by atoms with Gasteiger partial charge in [-0.1, -0.05) is 24.3 Å². The molecule has 1 fully saturated rings. The smallest absolute Gasteiger partial charge is 0.310 e. The van der Waals surface area contributed by atoms with Crippen molar-refractivity contribution in [2.24, 2.45) is 5.92 Å². The highest BCUT2D eigenvalue weighted by Crippen LogP contribution is 2.29. The van der Waals surface area contributed by atoms with Gasteiger partial charge in [0.25, 0.3) is 11.8 Å². The van der Waals surface area contributed by atoms with Crippen LogP contribution in [0.3, 0.4) is 0 Å². The third-order valence-electron chi connectivity index (χ3n) is 5.22. The fourth-order valence-electron chi connectivity index (χ4n) is 3.80. The van der Waals surface area contributed by atoms with Gasteiger partial charge in [0.05, 0.1) is 18.1 Å². The zero-order chi connectivity index (χ0) is 22.4. The number of amides is 2. The van der Waals surface area contributed by atoms with E-state index in [1.165, 1.54) is 0 Å². The third kappa shape index (κ3) is 5.75. The van der Waals surface area contributed by atoms with Crippen molar-refractivity contribution in [3.05, 3.63) is 42.0 Å². The van der Waals surface area contributed by atoms with E-state index in [1.807, 2.05) is 38.1 Å². The molecule has 0 spiro atoms. The van der Waals surface area contributed by atoms with Crippen LogP contribution < -0.4 is 10.1 Å². The maximum absolute atomic E-state index is 13.4. The highest BCUT2D eigenvalue weighted by Gasteiger charge is 2.31. The van der Waals surface area contributed by atoms with Crippen molar-refractivity contribution in [1.29, 1.82) is 0 Å². The molecule has 2 amide bonds. The number of esters is 1. The zero-order valence-corrected chi connectivity index (χ0v) is 18.3. The lowest BCUT2D eigenvalue weighted by molar-refractivity contribution is -0.149. The Morgan fingerprint density at radius 2 is 1.87 bits per heavy atom. The van der Waals surface area contributed by atoms with Crippen molar-refractivity contribution in [2.75, 3.05) is 26.3 Å². The molecule has 2 aromatic carbocycles. The van der Waals surface area contributed by atoms with Crippen LogP contribution in [-0.2, 0) is 14.3 Å². The molecule has 2 aromatic rings. The summed E-state index contributed by atoms with van der Waals surface area (Å²) in [5.74, 6) is -0.679. The summed E-state index contributed by atoms with van der Waals surface area (Å²) in [4.78, 5) is 39.3. The van der Waals surface area contributed by atoms with Crippen molar-refractivity contribution in [1.82, 2.24) is 10.2 Å². The number of hydrogen-bond acceptors (Lipinski definition) is 5. The normalized spacial score (nSPS) is 16.3. The van der Waals surface area contributed by atoms with Gasteiger partial charge in [-0.25, -0.2) is 0 Å². The standard InChI is InChI=1S/C24H30N2O5/c1-4-30-24(29)19-10-7-11-26(14-19)23(28)20-12-17-8-5-6-9-18(17)13-21(20)31-15-22(27)25-16(2)3/h5-6,8-9,12-13,16,19H,4,7,10-11,14-15H2,1-3H3,(H,25,27). The summed E-state index contributed by atoms with van der Waals surface area (Å²) in [7, 11) is 0. The van der Waals surface area contributed by atoms with Crippen LogP contribution in [-0.4, -0.2) is 55.0 Å². The second kappa shape index (κ2) is 10.3. The van der Waals surface area contributed by atoms with Crippen LogP contribution >= 0.6 is 0 Å². The molecule has 0 saturated carbocycles. The lowest BCUT2D eigenvalue weighted by atomic mass is 9.97. The van der Waals surface area contributed by atoms with E-state index in [-0.39, 0.29) is 36.4 Å². The quantitative estimate of drug-likeness (QED) is 0.688. The molecule has 0 radical (unpaired) electrons. The van der Waals surface area contributed by atoms with Crippen LogP contribution in [0.1, 0.15) is 44.0 Å². The summed E-state index contributed by atoms with van der Waals surface area (Å²) < 4.78 is 10.9. The highest BCUT2D eigenvalue weighted by atomic mass is 16.5. The fourth-order valence-corrected chi connectivity index (χ4v) is 3.80. The first-order valence-corrected chi connectivity index (χ1v) is 10.8. The Balaban J connectivity index is 1.85. The van der Waals surface area contributed by atoms with Crippen molar-refractivity contribution >= 4 is 28.6 Å². The average molecular weight is 427 g/mol. The second-order valence-corrected chi connectivity index (χ2v) is 8.05. The minimum Gasteiger partial charge on any atom is -0.483 e. The maximum Gasteiger partial charge on any atom is 0.310 e. The van der Waals surface area contributed by atoms with Crippen LogP contribution in [0.25, 0.3) is 10.8 Å². The Morgan fingerprint density at radius 3 is 2.55 bits per heavy atom. The molecule has 1 N–H and O–H groups in total. The Bertz CT molecular complexity index is 956. The van der Waals surface area contributed by atoms with Crippen LogP contribution in [0.5, 0.6) is 5.75 Å². The first kappa shape index (κ1) is 22.6. The molecule has 0 aliphatic carbocycles. The number of rotatable bonds is 7. The second-order valence-electron chi connectivity index (χ2n) is 8.05. The van der Waals surface area contributed by atoms with Gasteiger partial charge in [0.1, 0.15) is 5.75 Å².